The third-order valence-electron chi connectivity index (χ3n) is 7.98. The summed E-state index contributed by atoms with van der Waals surface area (Å²) in [5, 5.41) is 0. The Labute approximate surface area is 228 Å². The number of ether oxygens (including phenoxy) is 3. The van der Waals surface area contributed by atoms with E-state index < -0.39 is 0 Å². The highest BCUT2D eigenvalue weighted by Crippen LogP contribution is 2.31. The van der Waals surface area contributed by atoms with Crippen molar-refractivity contribution in [3.05, 3.63) is 59.7 Å². The average molecular weight is 511 g/mol. The summed E-state index contributed by atoms with van der Waals surface area (Å²) in [6.45, 7) is 23.7. The van der Waals surface area contributed by atoms with Gasteiger partial charge >= 0.3 is 0 Å². The second kappa shape index (κ2) is 13.2. The quantitative estimate of drug-likeness (QED) is 0.210. The van der Waals surface area contributed by atoms with Gasteiger partial charge in [0.15, 0.2) is 0 Å². The van der Waals surface area contributed by atoms with E-state index in [4.69, 9.17) is 14.2 Å². The largest absolute Gasteiger partial charge is 0.494 e. The van der Waals surface area contributed by atoms with E-state index in [-0.39, 0.29) is 22.0 Å². The van der Waals surface area contributed by atoms with Gasteiger partial charge in [-0.25, -0.2) is 0 Å². The lowest BCUT2D eigenvalue weighted by atomic mass is 9.82. The van der Waals surface area contributed by atoms with Gasteiger partial charge in [0.05, 0.1) is 24.4 Å². The fourth-order valence-electron chi connectivity index (χ4n) is 4.64. The molecule has 0 saturated heterocycles. The molecule has 2 aromatic rings. The Morgan fingerprint density at radius 3 is 1.14 bits per heavy atom. The predicted octanol–water partition coefficient (Wildman–Crippen LogP) is 9.65. The number of benzene rings is 2. The Morgan fingerprint density at radius 2 is 0.838 bits per heavy atom. The van der Waals surface area contributed by atoms with Crippen LogP contribution in [0.2, 0.25) is 0 Å². The summed E-state index contributed by atoms with van der Waals surface area (Å²) in [5.41, 5.74) is 2.72. The molecule has 2 aromatic carbocycles. The summed E-state index contributed by atoms with van der Waals surface area (Å²) in [6, 6.07) is 17.2. The highest BCUT2D eigenvalue weighted by molar-refractivity contribution is 5.32. The maximum atomic E-state index is 6.55. The van der Waals surface area contributed by atoms with E-state index in [1.807, 2.05) is 0 Å². The van der Waals surface area contributed by atoms with Crippen molar-refractivity contribution in [2.24, 2.45) is 0 Å². The first-order valence-corrected chi connectivity index (χ1v) is 14.4. The Kier molecular flexibility index (Phi) is 11.1. The van der Waals surface area contributed by atoms with Crippen LogP contribution >= 0.6 is 0 Å². The lowest BCUT2D eigenvalue weighted by Crippen LogP contribution is -2.37. The molecule has 0 atom stereocenters. The SMILES string of the molecule is CCC(C)(C)c1ccc(OCCCC(C)(C)OC(C)(C)CCCOc2ccc(C(C)(C)CC)cc2)cc1. The van der Waals surface area contributed by atoms with Crippen LogP contribution in [0.4, 0.5) is 0 Å². The van der Waals surface area contributed by atoms with Crippen molar-refractivity contribution in [1.29, 1.82) is 0 Å². The summed E-state index contributed by atoms with van der Waals surface area (Å²) in [4.78, 5) is 0. The van der Waals surface area contributed by atoms with Gasteiger partial charge in [-0.2, -0.15) is 0 Å². The molecule has 0 unspecified atom stereocenters. The van der Waals surface area contributed by atoms with Crippen molar-refractivity contribution in [3.8, 4) is 11.5 Å². The Morgan fingerprint density at radius 1 is 0.514 bits per heavy atom. The van der Waals surface area contributed by atoms with E-state index in [1.165, 1.54) is 11.1 Å². The van der Waals surface area contributed by atoms with Gasteiger partial charge in [-0.15, -0.1) is 0 Å². The van der Waals surface area contributed by atoms with Crippen molar-refractivity contribution in [2.75, 3.05) is 13.2 Å². The molecule has 3 heteroatoms. The van der Waals surface area contributed by atoms with Crippen LogP contribution in [0.5, 0.6) is 11.5 Å². The molecule has 0 saturated carbocycles. The van der Waals surface area contributed by atoms with Crippen LogP contribution in [-0.2, 0) is 15.6 Å². The molecule has 0 N–H and O–H groups in total. The molecule has 0 amide bonds. The van der Waals surface area contributed by atoms with E-state index in [2.05, 4.69) is 118 Å². The topological polar surface area (TPSA) is 27.7 Å². The van der Waals surface area contributed by atoms with Crippen LogP contribution in [0.25, 0.3) is 0 Å². The maximum absolute atomic E-state index is 6.55. The van der Waals surface area contributed by atoms with E-state index in [0.717, 1.165) is 50.0 Å². The zero-order chi connectivity index (χ0) is 27.7. The Balaban J connectivity index is 1.70. The Bertz CT molecular complexity index is 843. The molecule has 2 rings (SSSR count). The molecule has 0 aliphatic heterocycles. The third kappa shape index (κ3) is 10.3. The number of hydrogen-bond donors (Lipinski definition) is 0. The molecule has 0 radical (unpaired) electrons. The maximum Gasteiger partial charge on any atom is 0.119 e. The van der Waals surface area contributed by atoms with Gasteiger partial charge in [0.25, 0.3) is 0 Å². The summed E-state index contributed by atoms with van der Waals surface area (Å²) in [7, 11) is 0. The minimum absolute atomic E-state index is 0.204. The van der Waals surface area contributed by atoms with Crippen LogP contribution in [0.15, 0.2) is 48.5 Å². The van der Waals surface area contributed by atoms with Crippen molar-refractivity contribution < 1.29 is 14.2 Å². The predicted molar refractivity (Wildman–Crippen MR) is 158 cm³/mol. The molecule has 37 heavy (non-hydrogen) atoms. The van der Waals surface area contributed by atoms with Crippen molar-refractivity contribution in [2.45, 2.75) is 130 Å². The standard InChI is InChI=1S/C34H54O3/c1-11-31(3,4)27-15-19-29(20-16-27)35-25-13-23-33(7,8)37-34(9,10)24-14-26-36-30-21-17-28(18-22-30)32(5,6)12-2/h15-22H,11-14,23-26H2,1-10H3. The molecule has 208 valence electrons. The van der Waals surface area contributed by atoms with Gasteiger partial charge in [-0.1, -0.05) is 65.8 Å². The fourth-order valence-corrected chi connectivity index (χ4v) is 4.64. The average Bonchev–Trinajstić information content (AvgIpc) is 2.84. The summed E-state index contributed by atoms with van der Waals surface area (Å²) in [6.07, 6.45) is 6.06. The molecule has 0 fully saturated rings. The van der Waals surface area contributed by atoms with Crippen LogP contribution in [0.3, 0.4) is 0 Å². The van der Waals surface area contributed by atoms with Gasteiger partial charge in [0.1, 0.15) is 11.5 Å². The summed E-state index contributed by atoms with van der Waals surface area (Å²) in [5.74, 6) is 1.89. The zero-order valence-corrected chi connectivity index (χ0v) is 25.5. The van der Waals surface area contributed by atoms with Gasteiger partial charge in [0, 0.05) is 0 Å². The van der Waals surface area contributed by atoms with Crippen molar-refractivity contribution in [3.63, 3.8) is 0 Å². The fraction of sp³-hybridized carbons (Fsp3) is 0.647. The van der Waals surface area contributed by atoms with Crippen molar-refractivity contribution in [1.82, 2.24) is 0 Å². The van der Waals surface area contributed by atoms with E-state index in [1.54, 1.807) is 0 Å². The van der Waals surface area contributed by atoms with Gasteiger partial charge < -0.3 is 14.2 Å². The highest BCUT2D eigenvalue weighted by atomic mass is 16.5. The van der Waals surface area contributed by atoms with E-state index >= 15 is 0 Å². The van der Waals surface area contributed by atoms with Gasteiger partial charge in [-0.05, 0) is 112 Å². The van der Waals surface area contributed by atoms with E-state index in [9.17, 15) is 0 Å². The first-order chi connectivity index (χ1) is 17.2. The third-order valence-corrected chi connectivity index (χ3v) is 7.98. The zero-order valence-electron chi connectivity index (χ0n) is 25.5. The number of hydrogen-bond acceptors (Lipinski definition) is 3. The molecule has 0 bridgehead atoms. The molecule has 0 aliphatic rings. The first-order valence-electron chi connectivity index (χ1n) is 14.4. The number of rotatable bonds is 16. The van der Waals surface area contributed by atoms with Crippen LogP contribution in [0, 0.1) is 0 Å². The lowest BCUT2D eigenvalue weighted by Gasteiger charge is -2.36. The second-order valence-corrected chi connectivity index (χ2v) is 13.0. The lowest BCUT2D eigenvalue weighted by molar-refractivity contribution is -0.131. The molecule has 3 nitrogen and oxygen atoms in total. The van der Waals surface area contributed by atoms with Crippen LogP contribution < -0.4 is 9.47 Å². The monoisotopic (exact) mass is 510 g/mol. The molecule has 0 aliphatic carbocycles. The minimum atomic E-state index is -0.204. The highest BCUT2D eigenvalue weighted by Gasteiger charge is 2.28. The van der Waals surface area contributed by atoms with Crippen LogP contribution in [0.1, 0.15) is 119 Å². The second-order valence-electron chi connectivity index (χ2n) is 13.0. The molecular weight excluding hydrogens is 456 g/mol. The molecule has 0 spiro atoms. The van der Waals surface area contributed by atoms with Gasteiger partial charge in [-0.3, -0.25) is 0 Å². The minimum Gasteiger partial charge on any atom is -0.494 e. The molecule has 0 aromatic heterocycles. The molecule has 0 heterocycles. The first kappa shape index (κ1) is 31.2. The summed E-state index contributed by atoms with van der Waals surface area (Å²) >= 11 is 0. The van der Waals surface area contributed by atoms with Crippen LogP contribution in [-0.4, -0.2) is 24.4 Å². The smallest absolute Gasteiger partial charge is 0.119 e. The van der Waals surface area contributed by atoms with Crippen molar-refractivity contribution >= 4 is 0 Å². The Hall–Kier alpha value is -2.00. The molecular formula is C34H54O3. The van der Waals surface area contributed by atoms with Gasteiger partial charge in [0.2, 0.25) is 0 Å². The summed E-state index contributed by atoms with van der Waals surface area (Å²) < 4.78 is 18.6. The normalized spacial score (nSPS) is 13.0. The van der Waals surface area contributed by atoms with E-state index in [0.29, 0.717) is 13.2 Å².